The average molecular weight is 493 g/mol. The largest absolute Gasteiger partial charge is 0.496 e. The Balaban J connectivity index is 2.08. The van der Waals surface area contributed by atoms with Crippen LogP contribution in [0.25, 0.3) is 10.8 Å². The molecule has 6 heteroatoms. The third-order valence-electron chi connectivity index (χ3n) is 6.49. The van der Waals surface area contributed by atoms with Crippen molar-refractivity contribution in [1.82, 2.24) is 0 Å². The summed E-state index contributed by atoms with van der Waals surface area (Å²) in [6.07, 6.45) is 2.71. The van der Waals surface area contributed by atoms with E-state index in [0.29, 0.717) is 12.2 Å². The Morgan fingerprint density at radius 2 is 1.44 bits per heavy atom. The molecule has 3 rings (SSSR count). The Hall–Kier alpha value is -3.54. The van der Waals surface area contributed by atoms with E-state index in [0.717, 1.165) is 58.2 Å². The molecule has 3 aromatic rings. The van der Waals surface area contributed by atoms with E-state index in [2.05, 4.69) is 6.92 Å². The minimum Gasteiger partial charge on any atom is -0.496 e. The van der Waals surface area contributed by atoms with Gasteiger partial charge in [0.15, 0.2) is 0 Å². The van der Waals surface area contributed by atoms with E-state index < -0.39 is 0 Å². The summed E-state index contributed by atoms with van der Waals surface area (Å²) in [6.45, 7) is 5.68. The number of methoxy groups -OCH3 is 3. The predicted octanol–water partition coefficient (Wildman–Crippen LogP) is 6.59. The van der Waals surface area contributed by atoms with Crippen LogP contribution in [-0.4, -0.2) is 33.3 Å². The number of fused-ring (bicyclic) bond motifs is 1. The lowest BCUT2D eigenvalue weighted by Crippen LogP contribution is -2.14. The molecule has 0 aliphatic rings. The molecule has 0 saturated heterocycles. The van der Waals surface area contributed by atoms with Crippen molar-refractivity contribution in [2.75, 3.05) is 21.3 Å². The first-order chi connectivity index (χ1) is 17.3. The highest BCUT2D eigenvalue weighted by Crippen LogP contribution is 2.47. The van der Waals surface area contributed by atoms with Crippen LogP contribution in [0.3, 0.4) is 0 Å². The third-order valence-corrected chi connectivity index (χ3v) is 6.49. The Morgan fingerprint density at radius 1 is 0.833 bits per heavy atom. The van der Waals surface area contributed by atoms with Crippen LogP contribution in [0, 0.1) is 12.8 Å². The van der Waals surface area contributed by atoms with Gasteiger partial charge in [0.05, 0.1) is 27.2 Å². The number of hydrogen-bond donors (Lipinski definition) is 0. The third kappa shape index (κ3) is 5.99. The zero-order chi connectivity index (χ0) is 26.2. The summed E-state index contributed by atoms with van der Waals surface area (Å²) in [6, 6.07) is 15.7. The maximum atomic E-state index is 12.0. The van der Waals surface area contributed by atoms with Gasteiger partial charge in [-0.25, -0.2) is 0 Å². The van der Waals surface area contributed by atoms with Gasteiger partial charge in [0, 0.05) is 28.7 Å². The lowest BCUT2D eigenvalue weighted by atomic mass is 9.82. The topological polar surface area (TPSA) is 71.1 Å². The highest BCUT2D eigenvalue weighted by molar-refractivity contribution is 5.96. The summed E-state index contributed by atoms with van der Waals surface area (Å²) in [5.41, 5.74) is 3.13. The smallest absolute Gasteiger partial charge is 0.313 e. The first-order valence-corrected chi connectivity index (χ1v) is 12.3. The van der Waals surface area contributed by atoms with E-state index in [1.54, 1.807) is 14.2 Å². The summed E-state index contributed by atoms with van der Waals surface area (Å²) in [5.74, 6) is 1.46. The van der Waals surface area contributed by atoms with Crippen molar-refractivity contribution in [3.05, 3.63) is 65.2 Å². The molecule has 1 atom stereocenters. The Morgan fingerprint density at radius 3 is 2.00 bits per heavy atom. The number of unbranched alkanes of at least 4 members (excludes halogenated alkanes) is 1. The predicted molar refractivity (Wildman–Crippen MR) is 141 cm³/mol. The lowest BCUT2D eigenvalue weighted by Gasteiger charge is -2.26. The van der Waals surface area contributed by atoms with Crippen LogP contribution >= 0.6 is 0 Å². The normalized spacial score (nSPS) is 11.9. The minimum absolute atomic E-state index is 0.0223. The van der Waals surface area contributed by atoms with Gasteiger partial charge in [-0.1, -0.05) is 56.7 Å². The van der Waals surface area contributed by atoms with Crippen molar-refractivity contribution in [3.63, 3.8) is 0 Å². The molecule has 0 N–H and O–H groups in total. The molecule has 0 saturated carbocycles. The molecule has 0 fully saturated rings. The molecule has 6 nitrogen and oxygen atoms in total. The SMILES string of the molecule is COC(=O)CCCCC(c1ccc(OC(=O)C(C)C)cc1)c1c(C)c(OC)c2ccccc2c1OC. The summed E-state index contributed by atoms with van der Waals surface area (Å²) in [7, 11) is 4.79. The molecular formula is C30H36O6. The fourth-order valence-electron chi connectivity index (χ4n) is 4.62. The van der Waals surface area contributed by atoms with E-state index in [-0.39, 0.29) is 23.8 Å². The lowest BCUT2D eigenvalue weighted by molar-refractivity contribution is -0.141. The van der Waals surface area contributed by atoms with Crippen molar-refractivity contribution in [3.8, 4) is 17.2 Å². The molecule has 0 aromatic heterocycles. The number of esters is 2. The zero-order valence-electron chi connectivity index (χ0n) is 22.1. The first-order valence-electron chi connectivity index (χ1n) is 12.3. The van der Waals surface area contributed by atoms with Gasteiger partial charge in [0.2, 0.25) is 0 Å². The van der Waals surface area contributed by atoms with Gasteiger partial charge in [-0.05, 0) is 43.0 Å². The summed E-state index contributed by atoms with van der Waals surface area (Å²) in [4.78, 5) is 23.7. The van der Waals surface area contributed by atoms with Gasteiger partial charge in [-0.3, -0.25) is 9.59 Å². The van der Waals surface area contributed by atoms with Crippen molar-refractivity contribution in [2.45, 2.75) is 52.4 Å². The summed E-state index contributed by atoms with van der Waals surface area (Å²) < 4.78 is 22.2. The molecule has 36 heavy (non-hydrogen) atoms. The van der Waals surface area contributed by atoms with Crippen LogP contribution in [0.15, 0.2) is 48.5 Å². The van der Waals surface area contributed by atoms with Crippen molar-refractivity contribution < 1.29 is 28.5 Å². The van der Waals surface area contributed by atoms with Crippen LogP contribution in [0.5, 0.6) is 17.2 Å². The van der Waals surface area contributed by atoms with Gasteiger partial charge in [-0.15, -0.1) is 0 Å². The number of ether oxygens (including phenoxy) is 4. The highest BCUT2D eigenvalue weighted by Gasteiger charge is 2.26. The maximum absolute atomic E-state index is 12.0. The van der Waals surface area contributed by atoms with Crippen molar-refractivity contribution in [1.29, 1.82) is 0 Å². The van der Waals surface area contributed by atoms with Gasteiger partial charge >= 0.3 is 11.9 Å². The fourth-order valence-corrected chi connectivity index (χ4v) is 4.62. The molecule has 0 bridgehead atoms. The maximum Gasteiger partial charge on any atom is 0.313 e. The van der Waals surface area contributed by atoms with Crippen LogP contribution in [0.1, 0.15) is 62.1 Å². The summed E-state index contributed by atoms with van der Waals surface area (Å²) in [5, 5.41) is 1.98. The van der Waals surface area contributed by atoms with Crippen LogP contribution in [0.2, 0.25) is 0 Å². The zero-order valence-corrected chi connectivity index (χ0v) is 22.1. The van der Waals surface area contributed by atoms with Crippen LogP contribution in [-0.2, 0) is 14.3 Å². The van der Waals surface area contributed by atoms with E-state index in [1.165, 1.54) is 7.11 Å². The number of hydrogen-bond acceptors (Lipinski definition) is 6. The number of carbonyl (C=O) groups excluding carboxylic acids is 2. The average Bonchev–Trinajstić information content (AvgIpc) is 2.88. The van der Waals surface area contributed by atoms with Crippen LogP contribution < -0.4 is 14.2 Å². The molecule has 3 aromatic carbocycles. The fraction of sp³-hybridized carbons (Fsp3) is 0.400. The monoisotopic (exact) mass is 492 g/mol. The molecular weight excluding hydrogens is 456 g/mol. The van der Waals surface area contributed by atoms with Gasteiger partial charge in [-0.2, -0.15) is 0 Å². The molecule has 0 aliphatic carbocycles. The van der Waals surface area contributed by atoms with E-state index in [9.17, 15) is 9.59 Å². The van der Waals surface area contributed by atoms with Gasteiger partial charge < -0.3 is 18.9 Å². The first kappa shape index (κ1) is 27.1. The van der Waals surface area contributed by atoms with Gasteiger partial charge in [0.1, 0.15) is 17.2 Å². The number of rotatable bonds is 11. The number of benzene rings is 3. The Bertz CT molecular complexity index is 1200. The summed E-state index contributed by atoms with van der Waals surface area (Å²) >= 11 is 0. The second kappa shape index (κ2) is 12.4. The molecule has 192 valence electrons. The second-order valence-electron chi connectivity index (χ2n) is 9.17. The minimum atomic E-state index is -0.265. The van der Waals surface area contributed by atoms with Gasteiger partial charge in [0.25, 0.3) is 0 Å². The molecule has 1 unspecified atom stereocenters. The van der Waals surface area contributed by atoms with Crippen molar-refractivity contribution in [2.24, 2.45) is 5.92 Å². The molecule has 0 spiro atoms. The number of carbonyl (C=O) groups is 2. The highest BCUT2D eigenvalue weighted by atomic mass is 16.5. The quantitative estimate of drug-likeness (QED) is 0.171. The van der Waals surface area contributed by atoms with Crippen LogP contribution in [0.4, 0.5) is 0 Å². The molecule has 0 amide bonds. The Kier molecular flexibility index (Phi) is 9.34. The molecule has 0 aliphatic heterocycles. The molecule has 0 heterocycles. The second-order valence-corrected chi connectivity index (χ2v) is 9.17. The van der Waals surface area contributed by atoms with E-state index in [1.807, 2.05) is 62.4 Å². The Labute approximate surface area is 213 Å². The van der Waals surface area contributed by atoms with E-state index in [4.69, 9.17) is 18.9 Å². The van der Waals surface area contributed by atoms with Crippen molar-refractivity contribution >= 4 is 22.7 Å². The molecule has 0 radical (unpaired) electrons. The van der Waals surface area contributed by atoms with E-state index >= 15 is 0 Å². The standard InChI is InChI=1S/C30H36O6/c1-19(2)30(32)36-22-17-15-21(16-18-22)23(11-9-10-14-26(31)33-4)27-20(3)28(34-5)24-12-7-8-13-25(24)29(27)35-6/h7-8,12-13,15-19,23H,9-11,14H2,1-6H3.